The number of hydrogen-bond acceptors (Lipinski definition) is 3. The van der Waals surface area contributed by atoms with E-state index in [9.17, 15) is 0 Å². The highest BCUT2D eigenvalue weighted by molar-refractivity contribution is 5.79. The van der Waals surface area contributed by atoms with Gasteiger partial charge in [-0.2, -0.15) is 0 Å². The standard InChI is InChI=1S/C21H19N3O/c1-15-6-10-17(11-7-15)22-21-20(16-8-12-18(25-2)13-9-16)23-19-5-3-4-14-24(19)21/h3-14,22H,1-2H3. The van der Waals surface area contributed by atoms with E-state index in [-0.39, 0.29) is 0 Å². The van der Waals surface area contributed by atoms with Crippen molar-refractivity contribution in [3.05, 3.63) is 78.5 Å². The van der Waals surface area contributed by atoms with E-state index in [1.54, 1.807) is 7.11 Å². The molecule has 4 nitrogen and oxygen atoms in total. The summed E-state index contributed by atoms with van der Waals surface area (Å²) >= 11 is 0. The Labute approximate surface area is 146 Å². The summed E-state index contributed by atoms with van der Waals surface area (Å²) in [7, 11) is 1.67. The molecule has 0 bridgehead atoms. The van der Waals surface area contributed by atoms with Crippen LogP contribution in [0.4, 0.5) is 11.5 Å². The van der Waals surface area contributed by atoms with Crippen molar-refractivity contribution in [3.8, 4) is 17.0 Å². The molecule has 2 aromatic carbocycles. The number of anilines is 2. The largest absolute Gasteiger partial charge is 0.497 e. The van der Waals surface area contributed by atoms with Crippen LogP contribution in [-0.2, 0) is 0 Å². The van der Waals surface area contributed by atoms with Crippen molar-refractivity contribution in [2.45, 2.75) is 6.92 Å². The van der Waals surface area contributed by atoms with Crippen LogP contribution in [0.25, 0.3) is 16.9 Å². The summed E-state index contributed by atoms with van der Waals surface area (Å²) in [6.45, 7) is 2.08. The first-order valence-electron chi connectivity index (χ1n) is 8.20. The van der Waals surface area contributed by atoms with Gasteiger partial charge in [-0.1, -0.05) is 23.8 Å². The molecule has 4 heteroatoms. The zero-order valence-electron chi connectivity index (χ0n) is 14.2. The summed E-state index contributed by atoms with van der Waals surface area (Å²) < 4.78 is 7.33. The first-order chi connectivity index (χ1) is 12.2. The summed E-state index contributed by atoms with van der Waals surface area (Å²) in [4.78, 5) is 4.81. The number of pyridine rings is 1. The summed E-state index contributed by atoms with van der Waals surface area (Å²) in [5.41, 5.74) is 5.13. The summed E-state index contributed by atoms with van der Waals surface area (Å²) in [5.74, 6) is 1.78. The van der Waals surface area contributed by atoms with Gasteiger partial charge in [0, 0.05) is 17.4 Å². The first-order valence-corrected chi connectivity index (χ1v) is 8.20. The normalized spacial score (nSPS) is 10.8. The van der Waals surface area contributed by atoms with Gasteiger partial charge in [0.2, 0.25) is 0 Å². The van der Waals surface area contributed by atoms with Crippen LogP contribution < -0.4 is 10.1 Å². The number of rotatable bonds is 4. The minimum absolute atomic E-state index is 0.834. The van der Waals surface area contributed by atoms with Crippen LogP contribution in [0.2, 0.25) is 0 Å². The Morgan fingerprint density at radius 3 is 2.40 bits per heavy atom. The van der Waals surface area contributed by atoms with Crippen molar-refractivity contribution in [2.24, 2.45) is 0 Å². The van der Waals surface area contributed by atoms with Crippen LogP contribution in [0, 0.1) is 6.92 Å². The average Bonchev–Trinajstić information content (AvgIpc) is 3.02. The topological polar surface area (TPSA) is 38.6 Å². The second-order valence-electron chi connectivity index (χ2n) is 5.96. The summed E-state index contributed by atoms with van der Waals surface area (Å²) in [6.07, 6.45) is 2.02. The van der Waals surface area contributed by atoms with Gasteiger partial charge < -0.3 is 10.1 Å². The Morgan fingerprint density at radius 1 is 0.920 bits per heavy atom. The highest BCUT2D eigenvalue weighted by atomic mass is 16.5. The summed E-state index contributed by atoms with van der Waals surface area (Å²) in [6, 6.07) is 22.3. The van der Waals surface area contributed by atoms with E-state index < -0.39 is 0 Å². The molecule has 0 saturated heterocycles. The molecular weight excluding hydrogens is 310 g/mol. The van der Waals surface area contributed by atoms with Crippen molar-refractivity contribution in [3.63, 3.8) is 0 Å². The number of benzene rings is 2. The predicted octanol–water partition coefficient (Wildman–Crippen LogP) is 5.06. The monoisotopic (exact) mass is 329 g/mol. The molecule has 0 fully saturated rings. The van der Waals surface area contributed by atoms with Crippen molar-refractivity contribution in [2.75, 3.05) is 12.4 Å². The molecular formula is C21H19N3O. The fourth-order valence-electron chi connectivity index (χ4n) is 2.84. The average molecular weight is 329 g/mol. The van der Waals surface area contributed by atoms with Gasteiger partial charge in [-0.05, 0) is 55.5 Å². The fraction of sp³-hybridized carbons (Fsp3) is 0.0952. The summed E-state index contributed by atoms with van der Waals surface area (Å²) in [5, 5.41) is 3.52. The quantitative estimate of drug-likeness (QED) is 0.568. The smallest absolute Gasteiger partial charge is 0.143 e. The number of fused-ring (bicyclic) bond motifs is 1. The van der Waals surface area contributed by atoms with Crippen LogP contribution in [0.3, 0.4) is 0 Å². The maximum atomic E-state index is 5.26. The van der Waals surface area contributed by atoms with Gasteiger partial charge in [0.05, 0.1) is 7.11 Å². The lowest BCUT2D eigenvalue weighted by atomic mass is 10.1. The van der Waals surface area contributed by atoms with Gasteiger partial charge >= 0.3 is 0 Å². The Bertz CT molecular complexity index is 1000. The first kappa shape index (κ1) is 15.3. The molecule has 2 aromatic heterocycles. The van der Waals surface area contributed by atoms with E-state index in [0.29, 0.717) is 0 Å². The zero-order chi connectivity index (χ0) is 17.2. The van der Waals surface area contributed by atoms with E-state index >= 15 is 0 Å². The van der Waals surface area contributed by atoms with Crippen molar-refractivity contribution in [1.29, 1.82) is 0 Å². The SMILES string of the molecule is COc1ccc(-c2nc3ccccn3c2Nc2ccc(C)cc2)cc1. The van der Waals surface area contributed by atoms with Crippen LogP contribution in [0.5, 0.6) is 5.75 Å². The Hall–Kier alpha value is -3.27. The number of hydrogen-bond donors (Lipinski definition) is 1. The number of aromatic nitrogens is 2. The maximum Gasteiger partial charge on any atom is 0.143 e. The van der Waals surface area contributed by atoms with Crippen molar-refractivity contribution >= 4 is 17.2 Å². The van der Waals surface area contributed by atoms with Crippen LogP contribution in [-0.4, -0.2) is 16.5 Å². The van der Waals surface area contributed by atoms with Gasteiger partial charge in [-0.3, -0.25) is 4.40 Å². The van der Waals surface area contributed by atoms with Crippen LogP contribution in [0.1, 0.15) is 5.56 Å². The van der Waals surface area contributed by atoms with Gasteiger partial charge in [0.1, 0.15) is 22.9 Å². The number of aryl methyl sites for hydroxylation is 1. The second-order valence-corrected chi connectivity index (χ2v) is 5.96. The van der Waals surface area contributed by atoms with Crippen molar-refractivity contribution < 1.29 is 4.74 Å². The number of methoxy groups -OCH3 is 1. The lowest BCUT2D eigenvalue weighted by Crippen LogP contribution is -1.96. The number of imidazole rings is 1. The molecule has 0 amide bonds. The van der Waals surface area contributed by atoms with Crippen LogP contribution >= 0.6 is 0 Å². The van der Waals surface area contributed by atoms with Gasteiger partial charge in [-0.25, -0.2) is 4.98 Å². The minimum Gasteiger partial charge on any atom is -0.497 e. The van der Waals surface area contributed by atoms with E-state index in [1.165, 1.54) is 5.56 Å². The molecule has 0 atom stereocenters. The highest BCUT2D eigenvalue weighted by Gasteiger charge is 2.14. The second kappa shape index (κ2) is 6.32. The Kier molecular flexibility index (Phi) is 3.86. The molecule has 4 aromatic rings. The molecule has 2 heterocycles. The molecule has 4 rings (SSSR count). The Morgan fingerprint density at radius 2 is 1.68 bits per heavy atom. The highest BCUT2D eigenvalue weighted by Crippen LogP contribution is 2.32. The third kappa shape index (κ3) is 2.94. The molecule has 0 aliphatic rings. The van der Waals surface area contributed by atoms with E-state index in [0.717, 1.165) is 34.2 Å². The molecule has 0 aliphatic carbocycles. The zero-order valence-corrected chi connectivity index (χ0v) is 14.2. The van der Waals surface area contributed by atoms with Gasteiger partial charge in [-0.15, -0.1) is 0 Å². The van der Waals surface area contributed by atoms with E-state index in [2.05, 4.69) is 40.9 Å². The maximum absolute atomic E-state index is 5.26. The van der Waals surface area contributed by atoms with Crippen LogP contribution in [0.15, 0.2) is 72.9 Å². The molecule has 0 unspecified atom stereocenters. The van der Waals surface area contributed by atoms with E-state index in [1.807, 2.05) is 48.7 Å². The third-order valence-electron chi connectivity index (χ3n) is 4.21. The van der Waals surface area contributed by atoms with Gasteiger partial charge in [0.15, 0.2) is 0 Å². The molecule has 124 valence electrons. The van der Waals surface area contributed by atoms with Crippen molar-refractivity contribution in [1.82, 2.24) is 9.38 Å². The predicted molar refractivity (Wildman–Crippen MR) is 102 cm³/mol. The van der Waals surface area contributed by atoms with Gasteiger partial charge in [0.25, 0.3) is 0 Å². The molecule has 0 spiro atoms. The molecule has 25 heavy (non-hydrogen) atoms. The number of ether oxygens (including phenoxy) is 1. The minimum atomic E-state index is 0.834. The molecule has 0 saturated carbocycles. The third-order valence-corrected chi connectivity index (χ3v) is 4.21. The number of nitrogens with one attached hydrogen (secondary N) is 1. The lowest BCUT2D eigenvalue weighted by molar-refractivity contribution is 0.415. The van der Waals surface area contributed by atoms with E-state index in [4.69, 9.17) is 9.72 Å². The Balaban J connectivity index is 1.83. The lowest BCUT2D eigenvalue weighted by Gasteiger charge is -2.09. The molecule has 0 aliphatic heterocycles. The number of nitrogens with zero attached hydrogens (tertiary/aromatic N) is 2. The molecule has 1 N–H and O–H groups in total. The fourth-order valence-corrected chi connectivity index (χ4v) is 2.84. The molecule has 0 radical (unpaired) electrons.